The number of ketones is 1. The van der Waals surface area contributed by atoms with E-state index in [1.54, 1.807) is 25.1 Å². The highest BCUT2D eigenvalue weighted by molar-refractivity contribution is 7.80. The van der Waals surface area contributed by atoms with E-state index in [4.69, 9.17) is 23.8 Å². The van der Waals surface area contributed by atoms with Crippen LogP contribution in [-0.4, -0.2) is 10.8 Å². The average Bonchev–Trinajstić information content (AvgIpc) is 2.50. The Morgan fingerprint density at radius 1 is 1.52 bits per heavy atom. The van der Waals surface area contributed by atoms with Crippen LogP contribution in [0.3, 0.4) is 0 Å². The standard InChI is InChI=1S/C18H17ClN2OS/c1-4-9-18(10-20)16(13-5-7-14(19)8-6-13)15(12(3)22)11(2)21-17(18)23/h4-8,16H,1,9H2,2-3H3,(H,21,23)/t16-,18-/m0/s1. The van der Waals surface area contributed by atoms with Gasteiger partial charge in [-0.2, -0.15) is 5.26 Å². The summed E-state index contributed by atoms with van der Waals surface area (Å²) in [5, 5.41) is 13.6. The lowest BCUT2D eigenvalue weighted by atomic mass is 9.64. The molecule has 1 aromatic rings. The van der Waals surface area contributed by atoms with Crippen LogP contribution in [0.2, 0.25) is 5.02 Å². The Hall–Kier alpha value is -1.96. The molecule has 118 valence electrons. The van der Waals surface area contributed by atoms with E-state index < -0.39 is 11.3 Å². The Bertz CT molecular complexity index is 745. The van der Waals surface area contributed by atoms with E-state index in [1.165, 1.54) is 6.92 Å². The van der Waals surface area contributed by atoms with Gasteiger partial charge in [0.1, 0.15) is 10.4 Å². The van der Waals surface area contributed by atoms with Crippen molar-refractivity contribution in [2.45, 2.75) is 26.2 Å². The number of halogens is 1. The van der Waals surface area contributed by atoms with Gasteiger partial charge in [0.2, 0.25) is 0 Å². The van der Waals surface area contributed by atoms with E-state index in [0.717, 1.165) is 5.56 Å². The van der Waals surface area contributed by atoms with E-state index in [1.807, 2.05) is 12.1 Å². The molecule has 1 aliphatic rings. The Balaban J connectivity index is 2.77. The van der Waals surface area contributed by atoms with Gasteiger partial charge in [-0.05, 0) is 38.0 Å². The fraction of sp³-hybridized carbons (Fsp3) is 0.278. The second kappa shape index (κ2) is 6.66. The van der Waals surface area contributed by atoms with Crippen LogP contribution < -0.4 is 5.32 Å². The van der Waals surface area contributed by atoms with Crippen LogP contribution in [0.15, 0.2) is 48.2 Å². The van der Waals surface area contributed by atoms with Gasteiger partial charge in [0.15, 0.2) is 5.78 Å². The van der Waals surface area contributed by atoms with Gasteiger partial charge in [-0.1, -0.05) is 42.0 Å². The molecule has 0 saturated carbocycles. The Labute approximate surface area is 146 Å². The van der Waals surface area contributed by atoms with Crippen molar-refractivity contribution in [1.29, 1.82) is 5.26 Å². The molecule has 0 bridgehead atoms. The fourth-order valence-corrected chi connectivity index (χ4v) is 3.64. The van der Waals surface area contributed by atoms with E-state index >= 15 is 0 Å². The molecule has 1 N–H and O–H groups in total. The maximum atomic E-state index is 12.3. The van der Waals surface area contributed by atoms with Crippen LogP contribution in [0.1, 0.15) is 31.7 Å². The monoisotopic (exact) mass is 344 g/mol. The Kier molecular flexibility index (Phi) is 5.03. The van der Waals surface area contributed by atoms with Gasteiger partial charge < -0.3 is 5.32 Å². The zero-order valence-corrected chi connectivity index (χ0v) is 14.6. The van der Waals surface area contributed by atoms with Crippen LogP contribution in [-0.2, 0) is 4.79 Å². The number of nitriles is 1. The van der Waals surface area contributed by atoms with Crippen LogP contribution in [0.4, 0.5) is 0 Å². The maximum Gasteiger partial charge on any atom is 0.158 e. The van der Waals surface area contributed by atoms with E-state index in [9.17, 15) is 10.1 Å². The van der Waals surface area contributed by atoms with Gasteiger partial charge in [-0.15, -0.1) is 6.58 Å². The zero-order valence-electron chi connectivity index (χ0n) is 13.0. The number of benzene rings is 1. The zero-order chi connectivity index (χ0) is 17.2. The number of hydrogen-bond acceptors (Lipinski definition) is 3. The van der Waals surface area contributed by atoms with Gasteiger partial charge in [-0.3, -0.25) is 4.79 Å². The number of nitrogens with zero attached hydrogens (tertiary/aromatic N) is 1. The molecule has 0 radical (unpaired) electrons. The molecule has 0 aliphatic carbocycles. The molecule has 5 heteroatoms. The van der Waals surface area contributed by atoms with Gasteiger partial charge in [0.25, 0.3) is 0 Å². The fourth-order valence-electron chi connectivity index (χ4n) is 3.12. The number of rotatable bonds is 4. The Morgan fingerprint density at radius 2 is 2.13 bits per heavy atom. The summed E-state index contributed by atoms with van der Waals surface area (Å²) >= 11 is 11.4. The highest BCUT2D eigenvalue weighted by Gasteiger charge is 2.49. The minimum Gasteiger partial charge on any atom is -0.352 e. The summed E-state index contributed by atoms with van der Waals surface area (Å²) < 4.78 is 0. The highest BCUT2D eigenvalue weighted by atomic mass is 35.5. The third kappa shape index (κ3) is 2.95. The topological polar surface area (TPSA) is 52.9 Å². The van der Waals surface area contributed by atoms with Crippen LogP contribution in [0.5, 0.6) is 0 Å². The maximum absolute atomic E-state index is 12.3. The lowest BCUT2D eigenvalue weighted by Gasteiger charge is -2.41. The van der Waals surface area contributed by atoms with Crippen molar-refractivity contribution in [2.75, 3.05) is 0 Å². The summed E-state index contributed by atoms with van der Waals surface area (Å²) in [4.78, 5) is 12.7. The normalized spacial score (nSPS) is 23.9. The summed E-state index contributed by atoms with van der Waals surface area (Å²) in [5.41, 5.74) is 1.07. The third-order valence-corrected chi connectivity index (χ3v) is 4.86. The van der Waals surface area contributed by atoms with Crippen molar-refractivity contribution in [3.8, 4) is 6.07 Å². The lowest BCUT2D eigenvalue weighted by Crippen LogP contribution is -2.48. The highest BCUT2D eigenvalue weighted by Crippen LogP contribution is 2.48. The summed E-state index contributed by atoms with van der Waals surface area (Å²) in [5.74, 6) is -0.532. The van der Waals surface area contributed by atoms with Crippen molar-refractivity contribution >= 4 is 34.6 Å². The number of carbonyl (C=O) groups is 1. The molecule has 1 aromatic carbocycles. The van der Waals surface area contributed by atoms with E-state index in [0.29, 0.717) is 27.7 Å². The molecular weight excluding hydrogens is 328 g/mol. The van der Waals surface area contributed by atoms with Crippen LogP contribution in [0.25, 0.3) is 0 Å². The molecule has 2 rings (SSSR count). The minimum absolute atomic E-state index is 0.0823. The third-order valence-electron chi connectivity index (χ3n) is 4.14. The molecule has 1 heterocycles. The quantitative estimate of drug-likeness (QED) is 0.653. The lowest BCUT2D eigenvalue weighted by molar-refractivity contribution is -0.114. The van der Waals surface area contributed by atoms with Gasteiger partial charge in [0, 0.05) is 22.2 Å². The summed E-state index contributed by atoms with van der Waals surface area (Å²) in [6.45, 7) is 7.07. The first-order valence-corrected chi connectivity index (χ1v) is 7.96. The van der Waals surface area contributed by atoms with Crippen molar-refractivity contribution < 1.29 is 4.79 Å². The second-order valence-corrected chi connectivity index (χ2v) is 6.45. The molecule has 0 saturated heterocycles. The summed E-state index contributed by atoms with van der Waals surface area (Å²) in [7, 11) is 0. The predicted molar refractivity (Wildman–Crippen MR) is 96.2 cm³/mol. The number of Topliss-reactive ketones (excluding diaryl/α,β-unsaturated/α-hetero) is 1. The first-order chi connectivity index (χ1) is 10.9. The first kappa shape index (κ1) is 17.4. The molecule has 2 atom stereocenters. The van der Waals surface area contributed by atoms with Crippen LogP contribution >= 0.6 is 23.8 Å². The number of allylic oxidation sites excluding steroid dienone is 3. The van der Waals surface area contributed by atoms with Gasteiger partial charge in [0.05, 0.1) is 6.07 Å². The summed E-state index contributed by atoms with van der Waals surface area (Å²) in [6.07, 6.45) is 2.02. The molecule has 0 unspecified atom stereocenters. The second-order valence-electron chi connectivity index (χ2n) is 5.61. The molecule has 3 nitrogen and oxygen atoms in total. The van der Waals surface area contributed by atoms with E-state index in [2.05, 4.69) is 18.0 Å². The summed E-state index contributed by atoms with van der Waals surface area (Å²) in [6, 6.07) is 9.53. The Morgan fingerprint density at radius 3 is 2.61 bits per heavy atom. The van der Waals surface area contributed by atoms with Crippen molar-refractivity contribution in [2.24, 2.45) is 5.41 Å². The molecule has 0 fully saturated rings. The molecule has 1 aliphatic heterocycles. The number of hydrogen-bond donors (Lipinski definition) is 1. The van der Waals surface area contributed by atoms with Crippen molar-refractivity contribution in [3.63, 3.8) is 0 Å². The first-order valence-electron chi connectivity index (χ1n) is 7.18. The molecular formula is C18H17ClN2OS. The smallest absolute Gasteiger partial charge is 0.158 e. The molecule has 0 spiro atoms. The molecule has 23 heavy (non-hydrogen) atoms. The van der Waals surface area contributed by atoms with Crippen molar-refractivity contribution in [1.82, 2.24) is 5.32 Å². The van der Waals surface area contributed by atoms with E-state index in [-0.39, 0.29) is 5.78 Å². The molecule has 0 amide bonds. The largest absolute Gasteiger partial charge is 0.352 e. The van der Waals surface area contributed by atoms with Gasteiger partial charge in [-0.25, -0.2) is 0 Å². The van der Waals surface area contributed by atoms with Crippen molar-refractivity contribution in [3.05, 3.63) is 58.8 Å². The average molecular weight is 345 g/mol. The number of thiocarbonyl (C=S) groups is 1. The molecule has 0 aromatic heterocycles. The van der Waals surface area contributed by atoms with Crippen LogP contribution in [0, 0.1) is 16.7 Å². The predicted octanol–water partition coefficient (Wildman–Crippen LogP) is 4.30. The SMILES string of the molecule is C=CC[C@@]1(C#N)C(=S)NC(C)=C(C(C)=O)[C@@H]1c1ccc(Cl)cc1. The minimum atomic E-state index is -1.04. The van der Waals surface area contributed by atoms with Gasteiger partial charge >= 0.3 is 0 Å². The number of carbonyl (C=O) groups excluding carboxylic acids is 1. The number of nitrogens with one attached hydrogen (secondary N) is 1.